The number of nitrogens with zero attached hydrogens (tertiary/aromatic N) is 3. The molecule has 130 valence electrons. The van der Waals surface area contributed by atoms with Crippen LogP contribution in [0.1, 0.15) is 47.6 Å². The van der Waals surface area contributed by atoms with E-state index >= 15 is 0 Å². The predicted octanol–water partition coefficient (Wildman–Crippen LogP) is 3.44. The number of carbonyl (C=O) groups excluding carboxylic acids is 1. The molecule has 0 spiro atoms. The number of aryl methyl sites for hydroxylation is 5. The van der Waals surface area contributed by atoms with E-state index in [4.69, 9.17) is 0 Å². The van der Waals surface area contributed by atoms with Crippen LogP contribution in [0.4, 0.5) is 9.93 Å². The quantitative estimate of drug-likeness (QED) is 0.643. The zero-order valence-corrected chi connectivity index (χ0v) is 15.2. The number of fused-ring (bicyclic) bond motifs is 1. The minimum absolute atomic E-state index is 0.174. The van der Waals surface area contributed by atoms with Gasteiger partial charge in [-0.05, 0) is 52.0 Å². The summed E-state index contributed by atoms with van der Waals surface area (Å²) in [5.74, 6) is 0. The van der Waals surface area contributed by atoms with Gasteiger partial charge in [-0.25, -0.2) is 9.78 Å². The normalized spacial score (nSPS) is 14.1. The summed E-state index contributed by atoms with van der Waals surface area (Å²) in [6.45, 7) is 5.47. The fourth-order valence-corrected chi connectivity index (χ4v) is 4.10. The molecule has 0 aliphatic heterocycles. The Kier molecular flexibility index (Phi) is 5.50. The van der Waals surface area contributed by atoms with Gasteiger partial charge in [-0.1, -0.05) is 6.42 Å². The third-order valence-corrected chi connectivity index (χ3v) is 5.32. The van der Waals surface area contributed by atoms with Crippen molar-refractivity contribution in [1.82, 2.24) is 20.1 Å². The number of hydrogen-bond donors (Lipinski definition) is 2. The molecule has 2 N–H and O–H groups in total. The number of hydrogen-bond acceptors (Lipinski definition) is 4. The lowest BCUT2D eigenvalue weighted by Gasteiger charge is -2.07. The summed E-state index contributed by atoms with van der Waals surface area (Å²) in [7, 11) is 0. The van der Waals surface area contributed by atoms with Crippen LogP contribution in [0.3, 0.4) is 0 Å². The maximum atomic E-state index is 12.0. The third kappa shape index (κ3) is 4.35. The summed E-state index contributed by atoms with van der Waals surface area (Å²) < 4.78 is 1.98. The molecule has 3 rings (SSSR count). The second-order valence-corrected chi connectivity index (χ2v) is 7.42. The summed E-state index contributed by atoms with van der Waals surface area (Å²) in [6, 6.07) is 1.89. The molecule has 0 bridgehead atoms. The van der Waals surface area contributed by atoms with Gasteiger partial charge in [0.1, 0.15) is 0 Å². The first-order valence-electron chi connectivity index (χ1n) is 8.66. The molecule has 7 heteroatoms. The number of urea groups is 1. The number of amides is 2. The maximum Gasteiger partial charge on any atom is 0.321 e. The van der Waals surface area contributed by atoms with Gasteiger partial charge in [0.25, 0.3) is 0 Å². The lowest BCUT2D eigenvalue weighted by molar-refractivity contribution is 0.251. The Morgan fingerprint density at radius 1 is 1.29 bits per heavy atom. The maximum absolute atomic E-state index is 12.0. The van der Waals surface area contributed by atoms with Crippen molar-refractivity contribution in [2.45, 2.75) is 58.9 Å². The van der Waals surface area contributed by atoms with Crippen LogP contribution in [-0.2, 0) is 19.4 Å². The van der Waals surface area contributed by atoms with E-state index in [1.165, 1.54) is 29.8 Å². The van der Waals surface area contributed by atoms with Crippen molar-refractivity contribution in [2.24, 2.45) is 0 Å². The fourth-order valence-electron chi connectivity index (χ4n) is 3.06. The highest BCUT2D eigenvalue weighted by Gasteiger charge is 2.15. The molecular formula is C17H25N5OS. The van der Waals surface area contributed by atoms with Crippen LogP contribution in [0.15, 0.2) is 6.07 Å². The number of carbonyl (C=O) groups is 1. The minimum atomic E-state index is -0.174. The van der Waals surface area contributed by atoms with E-state index < -0.39 is 0 Å². The SMILES string of the molecule is Cc1cc(C)n(CCCNC(=O)Nc2nc3c(s2)CCCCC3)n1. The lowest BCUT2D eigenvalue weighted by atomic mass is 10.2. The Labute approximate surface area is 146 Å². The highest BCUT2D eigenvalue weighted by Crippen LogP contribution is 2.28. The first-order chi connectivity index (χ1) is 11.6. The molecule has 2 aromatic heterocycles. The Morgan fingerprint density at radius 3 is 2.92 bits per heavy atom. The topological polar surface area (TPSA) is 71.8 Å². The van der Waals surface area contributed by atoms with Gasteiger partial charge in [0.2, 0.25) is 0 Å². The highest BCUT2D eigenvalue weighted by molar-refractivity contribution is 7.15. The average molecular weight is 347 g/mol. The van der Waals surface area contributed by atoms with Gasteiger partial charge < -0.3 is 5.32 Å². The van der Waals surface area contributed by atoms with Gasteiger partial charge in [-0.15, -0.1) is 11.3 Å². The van der Waals surface area contributed by atoms with Crippen LogP contribution < -0.4 is 10.6 Å². The molecule has 0 fully saturated rings. The Balaban J connectivity index is 1.42. The second kappa shape index (κ2) is 7.79. The summed E-state index contributed by atoms with van der Waals surface area (Å²) in [5, 5.41) is 10.9. The van der Waals surface area contributed by atoms with Crippen LogP contribution in [0.5, 0.6) is 0 Å². The van der Waals surface area contributed by atoms with E-state index in [1.54, 1.807) is 11.3 Å². The molecule has 2 heterocycles. The van der Waals surface area contributed by atoms with Crippen LogP contribution in [0.25, 0.3) is 0 Å². The lowest BCUT2D eigenvalue weighted by Crippen LogP contribution is -2.30. The largest absolute Gasteiger partial charge is 0.338 e. The molecule has 0 radical (unpaired) electrons. The second-order valence-electron chi connectivity index (χ2n) is 6.33. The first kappa shape index (κ1) is 17.0. The van der Waals surface area contributed by atoms with Gasteiger partial charge in [-0.2, -0.15) is 5.10 Å². The van der Waals surface area contributed by atoms with Crippen molar-refractivity contribution < 1.29 is 4.79 Å². The van der Waals surface area contributed by atoms with Crippen molar-refractivity contribution in [3.8, 4) is 0 Å². The Bertz CT molecular complexity index is 682. The molecule has 24 heavy (non-hydrogen) atoms. The van der Waals surface area contributed by atoms with E-state index in [1.807, 2.05) is 18.5 Å². The highest BCUT2D eigenvalue weighted by atomic mass is 32.1. The summed E-state index contributed by atoms with van der Waals surface area (Å²) in [5.41, 5.74) is 3.36. The van der Waals surface area contributed by atoms with E-state index in [2.05, 4.69) is 26.8 Å². The number of anilines is 1. The fraction of sp³-hybridized carbons (Fsp3) is 0.588. The van der Waals surface area contributed by atoms with Crippen molar-refractivity contribution in [2.75, 3.05) is 11.9 Å². The van der Waals surface area contributed by atoms with Gasteiger partial charge >= 0.3 is 6.03 Å². The number of aromatic nitrogens is 3. The molecule has 1 aliphatic carbocycles. The minimum Gasteiger partial charge on any atom is -0.338 e. The monoisotopic (exact) mass is 347 g/mol. The van der Waals surface area contributed by atoms with E-state index in [0.29, 0.717) is 6.54 Å². The third-order valence-electron chi connectivity index (χ3n) is 4.25. The molecule has 0 unspecified atom stereocenters. The number of nitrogens with one attached hydrogen (secondary N) is 2. The average Bonchev–Trinajstić information content (AvgIpc) is 2.98. The van der Waals surface area contributed by atoms with Gasteiger partial charge in [0, 0.05) is 23.7 Å². The Hall–Kier alpha value is -1.89. The van der Waals surface area contributed by atoms with E-state index in [-0.39, 0.29) is 6.03 Å². The van der Waals surface area contributed by atoms with E-state index in [0.717, 1.165) is 42.3 Å². The predicted molar refractivity (Wildman–Crippen MR) is 96.7 cm³/mol. The van der Waals surface area contributed by atoms with Crippen LogP contribution in [-0.4, -0.2) is 27.3 Å². The summed E-state index contributed by atoms with van der Waals surface area (Å²) in [4.78, 5) is 17.9. The summed E-state index contributed by atoms with van der Waals surface area (Å²) >= 11 is 1.62. The number of thiazole rings is 1. The molecule has 1 aliphatic rings. The molecule has 0 aromatic carbocycles. The van der Waals surface area contributed by atoms with E-state index in [9.17, 15) is 4.79 Å². The molecule has 2 amide bonds. The van der Waals surface area contributed by atoms with Crippen LogP contribution in [0, 0.1) is 13.8 Å². The summed E-state index contributed by atoms with van der Waals surface area (Å²) in [6.07, 6.45) is 6.70. The molecule has 0 saturated carbocycles. The molecule has 2 aromatic rings. The van der Waals surface area contributed by atoms with Gasteiger partial charge in [0.15, 0.2) is 5.13 Å². The first-order valence-corrected chi connectivity index (χ1v) is 9.48. The molecule has 0 atom stereocenters. The van der Waals surface area contributed by atoms with Crippen LogP contribution in [0.2, 0.25) is 0 Å². The zero-order chi connectivity index (χ0) is 16.9. The van der Waals surface area contributed by atoms with Crippen LogP contribution >= 0.6 is 11.3 Å². The zero-order valence-electron chi connectivity index (χ0n) is 14.4. The molecule has 0 saturated heterocycles. The van der Waals surface area contributed by atoms with Gasteiger partial charge in [-0.3, -0.25) is 10.00 Å². The standard InChI is InChI=1S/C17H25N5OS/c1-12-11-13(2)22(21-12)10-6-9-18-16(23)20-17-19-14-7-4-3-5-8-15(14)24-17/h11H,3-10H2,1-2H3,(H2,18,19,20,23). The van der Waals surface area contributed by atoms with Crippen molar-refractivity contribution in [1.29, 1.82) is 0 Å². The molecular weight excluding hydrogens is 322 g/mol. The van der Waals surface area contributed by atoms with Gasteiger partial charge in [0.05, 0.1) is 11.4 Å². The van der Waals surface area contributed by atoms with Crippen molar-refractivity contribution in [3.05, 3.63) is 28.0 Å². The number of rotatable bonds is 5. The Morgan fingerprint density at radius 2 is 2.12 bits per heavy atom. The van der Waals surface area contributed by atoms with Crippen molar-refractivity contribution in [3.63, 3.8) is 0 Å². The van der Waals surface area contributed by atoms with Crippen molar-refractivity contribution >= 4 is 22.5 Å². The molecule has 6 nitrogen and oxygen atoms in total. The smallest absolute Gasteiger partial charge is 0.321 e.